The van der Waals surface area contributed by atoms with Crippen molar-refractivity contribution in [3.63, 3.8) is 0 Å². The van der Waals surface area contributed by atoms with Gasteiger partial charge in [-0.25, -0.2) is 9.59 Å². The molecule has 0 aliphatic heterocycles. The summed E-state index contributed by atoms with van der Waals surface area (Å²) in [4.78, 5) is 37.6. The van der Waals surface area contributed by atoms with E-state index in [1.165, 1.54) is 18.1 Å². The molecule has 7 nitrogen and oxygen atoms in total. The lowest BCUT2D eigenvalue weighted by atomic mass is 10.2. The molecular weight excluding hydrogens is 262 g/mol. The number of hydrogen-bond acceptors (Lipinski definition) is 5. The molecule has 0 fully saturated rings. The lowest BCUT2D eigenvalue weighted by Crippen LogP contribution is -2.42. The third-order valence-electron chi connectivity index (χ3n) is 2.42. The first-order valence-electron chi connectivity index (χ1n) is 5.84. The summed E-state index contributed by atoms with van der Waals surface area (Å²) in [5, 5.41) is 2.38. The Kier molecular flexibility index (Phi) is 6.50. The standard InChI is InChI=1S/C13H15N3O4/c1-20-12(18)8-16(13(19)15-9-14-10-17)7-11-5-3-2-4-6-11/h2-6H,7-9H2,1H3,(H,15,19). The third-order valence-corrected chi connectivity index (χ3v) is 2.42. The summed E-state index contributed by atoms with van der Waals surface area (Å²) in [6.45, 7) is -0.136. The number of methoxy groups -OCH3 is 1. The minimum absolute atomic E-state index is 0.186. The number of nitrogens with zero attached hydrogens (tertiary/aromatic N) is 2. The van der Waals surface area contributed by atoms with Gasteiger partial charge in [0.15, 0.2) is 0 Å². The molecule has 0 spiro atoms. The minimum atomic E-state index is -0.532. The van der Waals surface area contributed by atoms with Crippen LogP contribution in [-0.2, 0) is 20.9 Å². The molecule has 0 bridgehead atoms. The largest absolute Gasteiger partial charge is 0.468 e. The Morgan fingerprint density at radius 2 is 2.05 bits per heavy atom. The number of aliphatic imine (C=N–C) groups is 1. The van der Waals surface area contributed by atoms with Crippen molar-refractivity contribution in [3.05, 3.63) is 35.9 Å². The van der Waals surface area contributed by atoms with E-state index in [1.54, 1.807) is 0 Å². The van der Waals surface area contributed by atoms with Crippen LogP contribution in [0, 0.1) is 0 Å². The number of nitrogens with one attached hydrogen (secondary N) is 1. The Bertz CT molecular complexity index is 498. The molecule has 0 aliphatic rings. The molecule has 1 aromatic rings. The summed E-state index contributed by atoms with van der Waals surface area (Å²) < 4.78 is 4.55. The van der Waals surface area contributed by atoms with Gasteiger partial charge in [0.1, 0.15) is 13.2 Å². The number of carbonyl (C=O) groups is 2. The average molecular weight is 277 g/mol. The van der Waals surface area contributed by atoms with E-state index >= 15 is 0 Å². The fourth-order valence-electron chi connectivity index (χ4n) is 1.47. The number of rotatable bonds is 6. The zero-order valence-electron chi connectivity index (χ0n) is 11.0. The molecule has 20 heavy (non-hydrogen) atoms. The molecule has 1 aromatic carbocycles. The second-order valence-electron chi connectivity index (χ2n) is 3.81. The van der Waals surface area contributed by atoms with Gasteiger partial charge in [0, 0.05) is 6.54 Å². The van der Waals surface area contributed by atoms with E-state index in [9.17, 15) is 14.4 Å². The Labute approximate surface area is 116 Å². The van der Waals surface area contributed by atoms with Crippen molar-refractivity contribution in [1.82, 2.24) is 10.2 Å². The SMILES string of the molecule is COC(=O)CN(Cc1ccccc1)C(=O)NCN=C=O. The van der Waals surface area contributed by atoms with Gasteiger partial charge in [0.05, 0.1) is 7.11 Å². The van der Waals surface area contributed by atoms with Gasteiger partial charge in [0.25, 0.3) is 0 Å². The Morgan fingerprint density at radius 3 is 2.65 bits per heavy atom. The van der Waals surface area contributed by atoms with E-state index in [0.717, 1.165) is 5.56 Å². The van der Waals surface area contributed by atoms with Gasteiger partial charge in [-0.2, -0.15) is 4.99 Å². The molecule has 106 valence electrons. The lowest BCUT2D eigenvalue weighted by molar-refractivity contribution is -0.141. The van der Waals surface area contributed by atoms with Crippen LogP contribution in [-0.4, -0.2) is 43.3 Å². The fraction of sp³-hybridized carbons (Fsp3) is 0.308. The van der Waals surface area contributed by atoms with Crippen molar-refractivity contribution in [2.75, 3.05) is 20.3 Å². The summed E-state index contributed by atoms with van der Waals surface area (Å²) >= 11 is 0. The maximum absolute atomic E-state index is 11.9. The molecule has 0 saturated carbocycles. The number of benzene rings is 1. The molecule has 0 atom stereocenters. The van der Waals surface area contributed by atoms with Gasteiger partial charge in [0.2, 0.25) is 6.08 Å². The van der Waals surface area contributed by atoms with Crippen molar-refractivity contribution in [2.24, 2.45) is 4.99 Å². The highest BCUT2D eigenvalue weighted by Gasteiger charge is 2.17. The van der Waals surface area contributed by atoms with E-state index in [1.807, 2.05) is 30.3 Å². The third kappa shape index (κ3) is 5.32. The van der Waals surface area contributed by atoms with Crippen LogP contribution in [0.1, 0.15) is 5.56 Å². The quantitative estimate of drug-likeness (QED) is 0.470. The van der Waals surface area contributed by atoms with E-state index in [4.69, 9.17) is 0 Å². The molecule has 7 heteroatoms. The molecule has 0 radical (unpaired) electrons. The molecule has 0 saturated heterocycles. The molecule has 1 N–H and O–H groups in total. The van der Waals surface area contributed by atoms with Crippen molar-refractivity contribution in [3.8, 4) is 0 Å². The monoisotopic (exact) mass is 277 g/mol. The Balaban J connectivity index is 2.71. The minimum Gasteiger partial charge on any atom is -0.468 e. The van der Waals surface area contributed by atoms with E-state index < -0.39 is 12.0 Å². The highest BCUT2D eigenvalue weighted by Crippen LogP contribution is 2.04. The summed E-state index contributed by atoms with van der Waals surface area (Å²) in [5.74, 6) is -0.532. The van der Waals surface area contributed by atoms with Gasteiger partial charge in [-0.1, -0.05) is 30.3 Å². The van der Waals surface area contributed by atoms with Gasteiger partial charge < -0.3 is 15.0 Å². The first kappa shape index (κ1) is 15.4. The van der Waals surface area contributed by atoms with E-state index in [2.05, 4.69) is 15.0 Å². The van der Waals surface area contributed by atoms with Crippen LogP contribution >= 0.6 is 0 Å². The Morgan fingerprint density at radius 1 is 1.35 bits per heavy atom. The van der Waals surface area contributed by atoms with Crippen LogP contribution in [0.15, 0.2) is 35.3 Å². The van der Waals surface area contributed by atoms with Crippen LogP contribution in [0.3, 0.4) is 0 Å². The highest BCUT2D eigenvalue weighted by atomic mass is 16.5. The molecule has 1 rings (SSSR count). The zero-order valence-corrected chi connectivity index (χ0v) is 11.0. The summed E-state index contributed by atoms with van der Waals surface area (Å²) in [6, 6.07) is 8.67. The summed E-state index contributed by atoms with van der Waals surface area (Å²) in [7, 11) is 1.25. The van der Waals surface area contributed by atoms with E-state index in [-0.39, 0.29) is 19.8 Å². The second-order valence-corrected chi connectivity index (χ2v) is 3.81. The number of carbonyl (C=O) groups excluding carboxylic acids is 3. The molecule has 0 aliphatic carbocycles. The topological polar surface area (TPSA) is 88.1 Å². The van der Waals surface area contributed by atoms with Gasteiger partial charge in [-0.05, 0) is 5.56 Å². The van der Waals surface area contributed by atoms with Gasteiger partial charge in [-0.3, -0.25) is 4.79 Å². The predicted molar refractivity (Wildman–Crippen MR) is 70.4 cm³/mol. The van der Waals surface area contributed by atoms with Crippen LogP contribution in [0.4, 0.5) is 4.79 Å². The summed E-state index contributed by atoms with van der Waals surface area (Å²) in [5.41, 5.74) is 0.866. The molecule has 0 unspecified atom stereocenters. The first-order valence-corrected chi connectivity index (χ1v) is 5.84. The number of ether oxygens (including phenoxy) is 1. The number of amides is 2. The summed E-state index contributed by atoms with van der Waals surface area (Å²) in [6.07, 6.45) is 1.31. The maximum atomic E-state index is 11.9. The predicted octanol–water partition coefficient (Wildman–Crippen LogP) is 0.664. The first-order chi connectivity index (χ1) is 9.67. The van der Waals surface area contributed by atoms with E-state index in [0.29, 0.717) is 0 Å². The number of esters is 1. The van der Waals surface area contributed by atoms with Crippen molar-refractivity contribution in [1.29, 1.82) is 0 Å². The Hall–Kier alpha value is -2.66. The second kappa shape index (κ2) is 8.44. The van der Waals surface area contributed by atoms with Crippen molar-refractivity contribution < 1.29 is 19.1 Å². The number of hydrogen-bond donors (Lipinski definition) is 1. The van der Waals surface area contributed by atoms with Crippen LogP contribution < -0.4 is 5.32 Å². The van der Waals surface area contributed by atoms with Crippen molar-refractivity contribution >= 4 is 18.1 Å². The number of isocyanates is 1. The van der Waals surface area contributed by atoms with Crippen LogP contribution in [0.2, 0.25) is 0 Å². The lowest BCUT2D eigenvalue weighted by Gasteiger charge is -2.21. The highest BCUT2D eigenvalue weighted by molar-refractivity contribution is 5.80. The molecule has 2 amide bonds. The fourth-order valence-corrected chi connectivity index (χ4v) is 1.47. The average Bonchev–Trinajstić information content (AvgIpc) is 2.47. The molecule has 0 aromatic heterocycles. The van der Waals surface area contributed by atoms with Crippen molar-refractivity contribution in [2.45, 2.75) is 6.54 Å². The van der Waals surface area contributed by atoms with Crippen LogP contribution in [0.5, 0.6) is 0 Å². The molecular formula is C13H15N3O4. The number of urea groups is 1. The van der Waals surface area contributed by atoms with Gasteiger partial charge >= 0.3 is 12.0 Å². The molecule has 0 heterocycles. The normalized spacial score (nSPS) is 9.25. The van der Waals surface area contributed by atoms with Crippen LogP contribution in [0.25, 0.3) is 0 Å². The smallest absolute Gasteiger partial charge is 0.325 e. The maximum Gasteiger partial charge on any atom is 0.325 e. The van der Waals surface area contributed by atoms with Gasteiger partial charge in [-0.15, -0.1) is 0 Å². The zero-order chi connectivity index (χ0) is 14.8.